The van der Waals surface area contributed by atoms with Crippen LogP contribution in [0.3, 0.4) is 0 Å². The topological polar surface area (TPSA) is 88.6 Å². The lowest BCUT2D eigenvalue weighted by atomic mass is 10.1. The maximum Gasteiger partial charge on any atom is 0.294 e. The summed E-state index contributed by atoms with van der Waals surface area (Å²) in [5.41, 5.74) is 5.00. The number of thiazole rings is 1. The maximum absolute atomic E-state index is 11.5. The number of fused-ring (bicyclic) bond motifs is 1. The number of para-hydroxylation sites is 3. The number of halogens is 1. The summed E-state index contributed by atoms with van der Waals surface area (Å²) in [5, 5.41) is 19.3. The first-order valence-electron chi connectivity index (χ1n) is 10.4. The first-order chi connectivity index (χ1) is 16.5. The number of hydrogen-bond acceptors (Lipinski definition) is 5. The van der Waals surface area contributed by atoms with Gasteiger partial charge in [0.1, 0.15) is 5.69 Å². The molecule has 0 fully saturated rings. The third-order valence-corrected chi connectivity index (χ3v) is 6.88. The highest BCUT2D eigenvalue weighted by molar-refractivity contribution is 9.10. The number of nitro benzene ring substituents is 1. The van der Waals surface area contributed by atoms with Crippen molar-refractivity contribution in [2.24, 2.45) is 10.1 Å². The van der Waals surface area contributed by atoms with Gasteiger partial charge in [-0.05, 0) is 25.1 Å². The molecule has 0 atom stereocenters. The van der Waals surface area contributed by atoms with E-state index >= 15 is 0 Å². The Morgan fingerprint density at radius 1 is 1.06 bits per heavy atom. The summed E-state index contributed by atoms with van der Waals surface area (Å²) < 4.78 is 2.64. The van der Waals surface area contributed by atoms with Gasteiger partial charge >= 0.3 is 0 Å². The van der Waals surface area contributed by atoms with Gasteiger partial charge in [0.25, 0.3) is 5.69 Å². The molecule has 0 aliphatic carbocycles. The third-order valence-electron chi connectivity index (χ3n) is 5.38. The molecular weight excluding hydrogens is 514 g/mol. The summed E-state index contributed by atoms with van der Waals surface area (Å²) in [6, 6.07) is 22.3. The Morgan fingerprint density at radius 3 is 2.62 bits per heavy atom. The molecule has 5 rings (SSSR count). The number of aromatic amines is 1. The zero-order valence-electron chi connectivity index (χ0n) is 18.0. The van der Waals surface area contributed by atoms with Crippen LogP contribution in [0.5, 0.6) is 0 Å². The van der Waals surface area contributed by atoms with Gasteiger partial charge in [-0.1, -0.05) is 64.5 Å². The van der Waals surface area contributed by atoms with E-state index in [1.165, 1.54) is 17.4 Å². The van der Waals surface area contributed by atoms with E-state index in [-0.39, 0.29) is 11.4 Å². The van der Waals surface area contributed by atoms with Crippen molar-refractivity contribution in [2.45, 2.75) is 6.92 Å². The first-order valence-corrected chi connectivity index (χ1v) is 12.1. The van der Waals surface area contributed by atoms with Crippen molar-refractivity contribution in [3.05, 3.63) is 109 Å². The monoisotopic (exact) mass is 531 g/mol. The van der Waals surface area contributed by atoms with E-state index in [0.29, 0.717) is 4.80 Å². The number of nitrogens with one attached hydrogen (secondary N) is 1. The summed E-state index contributed by atoms with van der Waals surface area (Å²) in [7, 11) is 0. The fourth-order valence-electron chi connectivity index (χ4n) is 3.74. The number of aromatic nitrogens is 2. The number of hydrogen-bond donors (Lipinski definition) is 1. The van der Waals surface area contributed by atoms with Crippen molar-refractivity contribution >= 4 is 55.8 Å². The Hall–Kier alpha value is -3.82. The van der Waals surface area contributed by atoms with Crippen LogP contribution in [0, 0.1) is 17.0 Å². The molecule has 0 aliphatic rings. The Labute approximate surface area is 207 Å². The minimum absolute atomic E-state index is 0.0543. The highest BCUT2D eigenvalue weighted by Gasteiger charge is 2.15. The molecule has 0 spiro atoms. The van der Waals surface area contributed by atoms with Gasteiger partial charge in [0.05, 0.1) is 16.8 Å². The number of nitro groups is 1. The summed E-state index contributed by atoms with van der Waals surface area (Å²) in [4.78, 5) is 19.6. The lowest BCUT2D eigenvalue weighted by molar-refractivity contribution is -0.384. The maximum atomic E-state index is 11.5. The van der Waals surface area contributed by atoms with Crippen molar-refractivity contribution in [3.8, 4) is 11.3 Å². The molecule has 0 saturated carbocycles. The Bertz CT molecular complexity index is 1630. The van der Waals surface area contributed by atoms with Crippen LogP contribution in [0.2, 0.25) is 0 Å². The average Bonchev–Trinajstić information content (AvgIpc) is 3.37. The molecule has 0 unspecified atom stereocenters. The van der Waals surface area contributed by atoms with Crippen molar-refractivity contribution in [3.63, 3.8) is 0 Å². The molecule has 0 aliphatic heterocycles. The van der Waals surface area contributed by atoms with Crippen molar-refractivity contribution in [2.75, 3.05) is 0 Å². The molecule has 3 aromatic carbocycles. The lowest BCUT2D eigenvalue weighted by Crippen LogP contribution is -2.12. The van der Waals surface area contributed by atoms with E-state index in [2.05, 4.69) is 25.9 Å². The Morgan fingerprint density at radius 2 is 1.79 bits per heavy atom. The van der Waals surface area contributed by atoms with Gasteiger partial charge in [0, 0.05) is 43.6 Å². The molecular formula is C25H18BrN5O2S. The van der Waals surface area contributed by atoms with Crippen LogP contribution in [0.15, 0.2) is 92.7 Å². The van der Waals surface area contributed by atoms with Gasteiger partial charge in [-0.3, -0.25) is 10.1 Å². The second-order valence-electron chi connectivity index (χ2n) is 7.51. The molecule has 2 heterocycles. The van der Waals surface area contributed by atoms with Crippen LogP contribution >= 0.6 is 27.3 Å². The SMILES string of the molecule is Cc1[nH]c2ccccc2c1C=Nn1c(-c2ccccc2Br)csc1=Nc1ccccc1[N+](=O)[O-]. The summed E-state index contributed by atoms with van der Waals surface area (Å²) in [6.45, 7) is 2.01. The van der Waals surface area contributed by atoms with Crippen molar-refractivity contribution < 1.29 is 4.92 Å². The quantitative estimate of drug-likeness (QED) is 0.153. The zero-order chi connectivity index (χ0) is 23.7. The fourth-order valence-corrected chi connectivity index (χ4v) is 5.07. The Kier molecular flexibility index (Phi) is 5.95. The molecule has 1 N–H and O–H groups in total. The summed E-state index contributed by atoms with van der Waals surface area (Å²) in [6.07, 6.45) is 1.81. The lowest BCUT2D eigenvalue weighted by Gasteiger charge is -2.06. The number of benzene rings is 3. The predicted octanol–water partition coefficient (Wildman–Crippen LogP) is 6.79. The van der Waals surface area contributed by atoms with Crippen LogP contribution in [-0.2, 0) is 0 Å². The average molecular weight is 532 g/mol. The van der Waals surface area contributed by atoms with Gasteiger partial charge in [0.2, 0.25) is 4.80 Å². The van der Waals surface area contributed by atoms with Crippen molar-refractivity contribution in [1.82, 2.24) is 9.66 Å². The molecule has 7 nitrogen and oxygen atoms in total. The third kappa shape index (κ3) is 4.11. The second kappa shape index (κ2) is 9.20. The number of aryl methyl sites for hydroxylation is 1. The standard InChI is InChI=1S/C25H18BrN5O2S/c1-16-19(17-8-3-5-11-21(17)28-16)14-27-30-24(18-9-2-4-10-20(18)26)15-34-25(30)29-22-12-6-7-13-23(22)31(32)33/h2-15,28H,1H3. The van der Waals surface area contributed by atoms with Crippen LogP contribution in [0.25, 0.3) is 22.2 Å². The first kappa shape index (κ1) is 22.0. The molecule has 34 heavy (non-hydrogen) atoms. The molecule has 168 valence electrons. The number of rotatable bonds is 5. The normalized spacial score (nSPS) is 12.1. The van der Waals surface area contributed by atoms with E-state index in [4.69, 9.17) is 5.10 Å². The van der Waals surface area contributed by atoms with Crippen molar-refractivity contribution in [1.29, 1.82) is 0 Å². The zero-order valence-corrected chi connectivity index (χ0v) is 20.4. The molecule has 9 heteroatoms. The van der Waals surface area contributed by atoms with E-state index in [1.54, 1.807) is 29.1 Å². The molecule has 0 radical (unpaired) electrons. The predicted molar refractivity (Wildman–Crippen MR) is 140 cm³/mol. The number of H-pyrrole nitrogens is 1. The van der Waals surface area contributed by atoms with Gasteiger partial charge < -0.3 is 4.98 Å². The van der Waals surface area contributed by atoms with Crippen LogP contribution in [-0.4, -0.2) is 20.8 Å². The van der Waals surface area contributed by atoms with Crippen LogP contribution in [0.4, 0.5) is 11.4 Å². The minimum atomic E-state index is -0.427. The van der Waals surface area contributed by atoms with Gasteiger partial charge in [-0.2, -0.15) is 5.10 Å². The minimum Gasteiger partial charge on any atom is -0.358 e. The largest absolute Gasteiger partial charge is 0.358 e. The molecule has 0 amide bonds. The molecule has 0 bridgehead atoms. The highest BCUT2D eigenvalue weighted by atomic mass is 79.9. The van der Waals surface area contributed by atoms with Gasteiger partial charge in [-0.15, -0.1) is 11.3 Å². The molecule has 0 saturated heterocycles. The van der Waals surface area contributed by atoms with Crippen LogP contribution in [0.1, 0.15) is 11.3 Å². The van der Waals surface area contributed by atoms with Crippen LogP contribution < -0.4 is 4.80 Å². The second-order valence-corrected chi connectivity index (χ2v) is 9.20. The Balaban J connectivity index is 1.72. The van der Waals surface area contributed by atoms with E-state index in [1.807, 2.05) is 60.8 Å². The van der Waals surface area contributed by atoms with Gasteiger partial charge in [-0.25, -0.2) is 9.67 Å². The van der Waals surface area contributed by atoms with E-state index < -0.39 is 4.92 Å². The number of nitrogens with zero attached hydrogens (tertiary/aromatic N) is 4. The molecule has 5 aromatic rings. The van der Waals surface area contributed by atoms with E-state index in [0.717, 1.165) is 37.9 Å². The fraction of sp³-hybridized carbons (Fsp3) is 0.0400. The highest BCUT2D eigenvalue weighted by Crippen LogP contribution is 2.30. The summed E-state index contributed by atoms with van der Waals surface area (Å²) in [5.74, 6) is 0. The summed E-state index contributed by atoms with van der Waals surface area (Å²) >= 11 is 4.99. The smallest absolute Gasteiger partial charge is 0.294 e. The van der Waals surface area contributed by atoms with E-state index in [9.17, 15) is 10.1 Å². The molecule has 2 aromatic heterocycles. The van der Waals surface area contributed by atoms with Gasteiger partial charge in [0.15, 0.2) is 0 Å².